The van der Waals surface area contributed by atoms with Crippen LogP contribution in [0.15, 0.2) is 36.7 Å². The van der Waals surface area contributed by atoms with Crippen molar-refractivity contribution in [2.45, 2.75) is 31.4 Å². The Morgan fingerprint density at radius 1 is 1.23 bits per heavy atom. The Balaban J connectivity index is 1.48. The average Bonchev–Trinajstić information content (AvgIpc) is 3.16. The van der Waals surface area contributed by atoms with E-state index in [1.807, 2.05) is 49.1 Å². The molecule has 0 aliphatic heterocycles. The number of aryl methyl sites for hydroxylation is 1. The minimum atomic E-state index is -0.568. The second-order valence-corrected chi connectivity index (χ2v) is 7.30. The van der Waals surface area contributed by atoms with Gasteiger partial charge < -0.3 is 10.4 Å². The van der Waals surface area contributed by atoms with E-state index >= 15 is 0 Å². The van der Waals surface area contributed by atoms with Gasteiger partial charge in [0, 0.05) is 24.8 Å². The lowest BCUT2D eigenvalue weighted by Gasteiger charge is -2.41. The third-order valence-corrected chi connectivity index (χ3v) is 5.04. The Kier molecular flexibility index (Phi) is 3.08. The Hall–Kier alpha value is -3.00. The van der Waals surface area contributed by atoms with E-state index in [2.05, 4.69) is 31.8 Å². The van der Waals surface area contributed by atoms with Gasteiger partial charge in [0.2, 0.25) is 5.95 Å². The molecule has 1 fully saturated rings. The first kappa shape index (κ1) is 15.3. The maximum Gasteiger partial charge on any atom is 0.241 e. The van der Waals surface area contributed by atoms with Gasteiger partial charge in [-0.1, -0.05) is 11.3 Å². The second kappa shape index (κ2) is 5.25. The largest absolute Gasteiger partial charge is 0.390 e. The highest BCUT2D eigenvalue weighted by molar-refractivity contribution is 5.87. The van der Waals surface area contributed by atoms with Gasteiger partial charge in [0.25, 0.3) is 0 Å². The molecule has 8 nitrogen and oxygen atoms in total. The van der Waals surface area contributed by atoms with Gasteiger partial charge >= 0.3 is 0 Å². The van der Waals surface area contributed by atoms with Crippen molar-refractivity contribution < 1.29 is 5.11 Å². The first-order chi connectivity index (χ1) is 12.5. The lowest BCUT2D eigenvalue weighted by Crippen LogP contribution is -2.48. The molecule has 0 radical (unpaired) electrons. The van der Waals surface area contributed by atoms with Gasteiger partial charge in [0.15, 0.2) is 0 Å². The Bertz CT molecular complexity index is 1120. The highest BCUT2D eigenvalue weighted by atomic mass is 16.3. The molecule has 0 unspecified atom stereocenters. The number of hydrogen-bond acceptors (Lipinski definition) is 6. The molecule has 26 heavy (non-hydrogen) atoms. The minimum absolute atomic E-state index is 0.220. The van der Waals surface area contributed by atoms with E-state index in [9.17, 15) is 5.11 Å². The van der Waals surface area contributed by atoms with Crippen molar-refractivity contribution in [2.24, 2.45) is 7.05 Å². The van der Waals surface area contributed by atoms with Crippen LogP contribution in [0.25, 0.3) is 27.7 Å². The molecule has 2 N–H and O–H groups in total. The fourth-order valence-corrected chi connectivity index (χ4v) is 3.70. The molecule has 1 aromatic carbocycles. The number of fused-ring (bicyclic) bond motifs is 2. The van der Waals surface area contributed by atoms with Crippen molar-refractivity contribution >= 4 is 22.5 Å². The van der Waals surface area contributed by atoms with Crippen LogP contribution < -0.4 is 5.32 Å². The van der Waals surface area contributed by atoms with Crippen molar-refractivity contribution in [3.63, 3.8) is 0 Å². The number of nitrogens with zero attached hydrogens (tertiary/aromatic N) is 6. The van der Waals surface area contributed by atoms with Gasteiger partial charge in [-0.3, -0.25) is 0 Å². The standard InChI is InChI=1S/C18H19N7O/c1-18(26)8-12(9-18)20-17-19-10-16-13(5-6-25(16)22-17)11-3-4-14-15(7-11)24(2)23-21-14/h3-7,10,12,26H,8-9H2,1-2H3,(H,20,22). The minimum Gasteiger partial charge on any atom is -0.390 e. The predicted molar refractivity (Wildman–Crippen MR) is 97.8 cm³/mol. The number of anilines is 1. The van der Waals surface area contributed by atoms with E-state index in [-0.39, 0.29) is 6.04 Å². The SMILES string of the molecule is Cn1nnc2ccc(-c3ccn4nc(NC5CC(C)(O)C5)ncc34)cc21. The van der Waals surface area contributed by atoms with Crippen molar-refractivity contribution in [1.29, 1.82) is 0 Å². The van der Waals surface area contributed by atoms with E-state index in [4.69, 9.17) is 0 Å². The van der Waals surface area contributed by atoms with E-state index < -0.39 is 5.60 Å². The van der Waals surface area contributed by atoms with Crippen molar-refractivity contribution in [3.05, 3.63) is 36.7 Å². The zero-order valence-corrected chi connectivity index (χ0v) is 14.6. The maximum atomic E-state index is 9.85. The van der Waals surface area contributed by atoms with Gasteiger partial charge in [-0.05, 0) is 43.5 Å². The summed E-state index contributed by atoms with van der Waals surface area (Å²) >= 11 is 0. The van der Waals surface area contributed by atoms with Gasteiger partial charge in [-0.25, -0.2) is 14.2 Å². The Morgan fingerprint density at radius 3 is 2.88 bits per heavy atom. The fraction of sp³-hybridized carbons (Fsp3) is 0.333. The van der Waals surface area contributed by atoms with Gasteiger partial charge in [-0.2, -0.15) is 0 Å². The van der Waals surface area contributed by atoms with Crippen molar-refractivity contribution in [3.8, 4) is 11.1 Å². The zero-order valence-electron chi connectivity index (χ0n) is 14.6. The van der Waals surface area contributed by atoms with E-state index in [1.54, 1.807) is 4.68 Å². The molecule has 0 saturated heterocycles. The van der Waals surface area contributed by atoms with Crippen LogP contribution in [-0.2, 0) is 7.05 Å². The van der Waals surface area contributed by atoms with Crippen LogP contribution in [-0.4, -0.2) is 46.3 Å². The molecule has 8 heteroatoms. The van der Waals surface area contributed by atoms with E-state index in [1.165, 1.54) is 0 Å². The lowest BCUT2D eigenvalue weighted by molar-refractivity contribution is -0.0236. The number of aromatic nitrogens is 6. The Labute approximate surface area is 149 Å². The molecule has 1 saturated carbocycles. The molecule has 0 amide bonds. The molecule has 5 rings (SSSR count). The summed E-state index contributed by atoms with van der Waals surface area (Å²) in [5.41, 5.74) is 4.36. The third-order valence-electron chi connectivity index (χ3n) is 5.04. The first-order valence-corrected chi connectivity index (χ1v) is 8.62. The van der Waals surface area contributed by atoms with Gasteiger partial charge in [0.05, 0.1) is 22.8 Å². The van der Waals surface area contributed by atoms with E-state index in [0.29, 0.717) is 18.8 Å². The summed E-state index contributed by atoms with van der Waals surface area (Å²) in [6.45, 7) is 1.85. The number of nitrogens with one attached hydrogen (secondary N) is 1. The second-order valence-electron chi connectivity index (χ2n) is 7.30. The summed E-state index contributed by atoms with van der Waals surface area (Å²) in [5, 5.41) is 25.8. The van der Waals surface area contributed by atoms with Gasteiger partial charge in [0.1, 0.15) is 5.52 Å². The third kappa shape index (κ3) is 2.41. The zero-order chi connectivity index (χ0) is 17.9. The molecule has 0 spiro atoms. The summed E-state index contributed by atoms with van der Waals surface area (Å²) in [5.74, 6) is 0.575. The maximum absolute atomic E-state index is 9.85. The average molecular weight is 349 g/mol. The molecule has 1 aliphatic rings. The molecule has 3 heterocycles. The molecule has 0 bridgehead atoms. The topological polar surface area (TPSA) is 93.2 Å². The quantitative estimate of drug-likeness (QED) is 0.588. The highest BCUT2D eigenvalue weighted by Crippen LogP contribution is 2.33. The summed E-state index contributed by atoms with van der Waals surface area (Å²) in [6.07, 6.45) is 5.18. The van der Waals surface area contributed by atoms with Crippen LogP contribution in [0.1, 0.15) is 19.8 Å². The molecule has 3 aromatic heterocycles. The highest BCUT2D eigenvalue weighted by Gasteiger charge is 2.38. The summed E-state index contributed by atoms with van der Waals surface area (Å²) in [4.78, 5) is 4.45. The predicted octanol–water partition coefficient (Wildman–Crippen LogP) is 2.00. The smallest absolute Gasteiger partial charge is 0.241 e. The number of benzene rings is 1. The fourth-order valence-electron chi connectivity index (χ4n) is 3.70. The molecule has 4 aromatic rings. The molecule has 0 atom stereocenters. The summed E-state index contributed by atoms with van der Waals surface area (Å²) in [7, 11) is 1.88. The van der Waals surface area contributed by atoms with Crippen molar-refractivity contribution in [1.82, 2.24) is 29.6 Å². The van der Waals surface area contributed by atoms with Crippen LogP contribution in [0.5, 0.6) is 0 Å². The number of hydrogen-bond donors (Lipinski definition) is 2. The molecular formula is C18H19N7O. The summed E-state index contributed by atoms with van der Waals surface area (Å²) < 4.78 is 3.59. The normalized spacial score (nSPS) is 22.7. The van der Waals surface area contributed by atoms with Crippen LogP contribution in [0.3, 0.4) is 0 Å². The number of aliphatic hydroxyl groups is 1. The first-order valence-electron chi connectivity index (χ1n) is 8.62. The summed E-state index contributed by atoms with van der Waals surface area (Å²) in [6, 6.07) is 8.34. The van der Waals surface area contributed by atoms with Crippen LogP contribution in [0.2, 0.25) is 0 Å². The van der Waals surface area contributed by atoms with Crippen molar-refractivity contribution in [2.75, 3.05) is 5.32 Å². The number of rotatable bonds is 3. The monoisotopic (exact) mass is 349 g/mol. The van der Waals surface area contributed by atoms with Gasteiger partial charge in [-0.15, -0.1) is 10.2 Å². The molecule has 132 valence electrons. The lowest BCUT2D eigenvalue weighted by atomic mass is 9.77. The van der Waals surface area contributed by atoms with Crippen LogP contribution >= 0.6 is 0 Å². The van der Waals surface area contributed by atoms with Crippen LogP contribution in [0, 0.1) is 0 Å². The van der Waals surface area contributed by atoms with E-state index in [0.717, 1.165) is 27.7 Å². The molecular weight excluding hydrogens is 330 g/mol. The molecule has 1 aliphatic carbocycles. The Morgan fingerprint density at radius 2 is 2.08 bits per heavy atom. The van der Waals surface area contributed by atoms with Crippen LogP contribution in [0.4, 0.5) is 5.95 Å².